The summed E-state index contributed by atoms with van der Waals surface area (Å²) in [4.78, 5) is 54.3. The summed E-state index contributed by atoms with van der Waals surface area (Å²) >= 11 is 26.9. The van der Waals surface area contributed by atoms with Crippen LogP contribution in [0.4, 0.5) is 0 Å². The quantitative estimate of drug-likeness (QED) is 0.0476. The van der Waals surface area contributed by atoms with Gasteiger partial charge in [0.1, 0.15) is 52.8 Å². The Morgan fingerprint density at radius 2 is 0.574 bits per heavy atom. The predicted molar refractivity (Wildman–Crippen MR) is 267 cm³/mol. The van der Waals surface area contributed by atoms with Crippen molar-refractivity contribution in [2.45, 2.75) is 48.7 Å². The van der Waals surface area contributed by atoms with Gasteiger partial charge in [0.2, 0.25) is 0 Å². The van der Waals surface area contributed by atoms with Crippen LogP contribution in [0.2, 0.25) is 0 Å². The summed E-state index contributed by atoms with van der Waals surface area (Å²) < 4.78 is 25.5. The van der Waals surface area contributed by atoms with Crippen LogP contribution in [-0.2, 0) is 38.1 Å². The average Bonchev–Trinajstić information content (AvgIpc) is 3.28. The molecule has 0 saturated carbocycles. The molecule has 0 heterocycles. The number of hydrogen-bond acceptors (Lipinski definition) is 16. The molecule has 4 aromatic rings. The molecule has 0 aliphatic carbocycles. The predicted octanol–water partition coefficient (Wildman–Crippen LogP) is 10.1. The minimum absolute atomic E-state index is 0.458. The zero-order chi connectivity index (χ0) is 44.4. The smallest absolute Gasteiger partial charge is 0.319 e. The molecule has 0 N–H and O–H groups in total. The highest BCUT2D eigenvalue weighted by molar-refractivity contribution is 8.25. The fourth-order valence-corrected chi connectivity index (χ4v) is 10.3. The van der Waals surface area contributed by atoms with Crippen LogP contribution < -0.4 is 0 Å². The molecule has 4 rings (SSSR count). The lowest BCUT2D eigenvalue weighted by molar-refractivity contribution is -0.169. The zero-order valence-corrected chi connectivity index (χ0v) is 40.2. The fraction of sp³-hybridized carbons (Fsp3) is 0.289. The molecule has 0 bridgehead atoms. The minimum Gasteiger partial charge on any atom is -0.464 e. The van der Waals surface area contributed by atoms with E-state index in [0.29, 0.717) is 16.8 Å². The molecule has 0 radical (unpaired) electrons. The number of benzene rings is 4. The molecular weight excluding hydrogens is 925 g/mol. The standard InChI is InChI=1S/C45H44O8S8/c1-29(58-41(54)33-17-9-5-10-18-33)37(46)50-25-45(26-51-38(47)30(2)59-42(55)34-19-11-6-12-20-34,27-52-39(48)31(3)60-43(56)35-21-13-7-14-22-35)28-53-40(49)32(4)61-44(57)36-23-15-8-16-24-36/h5-24,29-32H,25-28H2,1-4H3. The monoisotopic (exact) mass is 968 g/mol. The van der Waals surface area contributed by atoms with Crippen molar-refractivity contribution in [1.29, 1.82) is 0 Å². The highest BCUT2D eigenvalue weighted by atomic mass is 32.2. The SMILES string of the molecule is CC(SC(=S)c1ccccc1)C(=O)OCC(COC(=O)C(C)SC(=S)c1ccccc1)(COC(=O)C(C)SC(=S)c1ccccc1)COC(=O)C(C)SC(=S)c1ccccc1. The number of thioether (sulfide) groups is 4. The lowest BCUT2D eigenvalue weighted by atomic mass is 9.92. The maximum atomic E-state index is 13.6. The second-order valence-electron chi connectivity index (χ2n) is 13.6. The van der Waals surface area contributed by atoms with Crippen molar-refractivity contribution in [2.24, 2.45) is 5.41 Å². The molecule has 0 amide bonds. The van der Waals surface area contributed by atoms with Crippen molar-refractivity contribution >= 4 is 137 Å². The van der Waals surface area contributed by atoms with Gasteiger partial charge in [-0.05, 0) is 49.9 Å². The maximum Gasteiger partial charge on any atom is 0.319 e. The van der Waals surface area contributed by atoms with Gasteiger partial charge in [0.05, 0.1) is 16.8 Å². The summed E-state index contributed by atoms with van der Waals surface area (Å²) in [5.74, 6) is -2.54. The Bertz CT molecular complexity index is 1830. The van der Waals surface area contributed by atoms with Crippen LogP contribution in [0.25, 0.3) is 0 Å². The second-order valence-corrected chi connectivity index (χ2v) is 21.7. The first-order valence-electron chi connectivity index (χ1n) is 18.9. The van der Waals surface area contributed by atoms with Gasteiger partial charge in [-0.2, -0.15) is 0 Å². The lowest BCUT2D eigenvalue weighted by Gasteiger charge is -2.33. The molecular formula is C45H44O8S8. The van der Waals surface area contributed by atoms with E-state index in [0.717, 1.165) is 69.3 Å². The summed E-state index contributed by atoms with van der Waals surface area (Å²) in [5.41, 5.74) is 1.55. The summed E-state index contributed by atoms with van der Waals surface area (Å²) in [5, 5.41) is -3.00. The van der Waals surface area contributed by atoms with Gasteiger partial charge in [0.15, 0.2) is 0 Å². The Morgan fingerprint density at radius 1 is 0.393 bits per heavy atom. The van der Waals surface area contributed by atoms with Crippen LogP contribution >= 0.6 is 95.9 Å². The topological polar surface area (TPSA) is 105 Å². The molecule has 0 aliphatic rings. The number of rotatable bonds is 20. The van der Waals surface area contributed by atoms with Crippen LogP contribution in [0.15, 0.2) is 121 Å². The summed E-state index contributed by atoms with van der Waals surface area (Å²) in [6, 6.07) is 37.0. The van der Waals surface area contributed by atoms with Gasteiger partial charge in [0, 0.05) is 0 Å². The molecule has 4 unspecified atom stereocenters. The molecule has 0 saturated heterocycles. The molecule has 4 aromatic carbocycles. The van der Waals surface area contributed by atoms with Crippen LogP contribution in [-0.4, -0.2) is 88.1 Å². The summed E-state index contributed by atoms with van der Waals surface area (Å²) in [7, 11) is 0. The Balaban J connectivity index is 1.57. The van der Waals surface area contributed by atoms with Gasteiger partial charge in [-0.25, -0.2) is 0 Å². The zero-order valence-electron chi connectivity index (χ0n) is 33.7. The lowest BCUT2D eigenvalue weighted by Crippen LogP contribution is -2.45. The van der Waals surface area contributed by atoms with Gasteiger partial charge in [-0.1, -0.05) is 217 Å². The average molecular weight is 969 g/mol. The third-order valence-corrected chi connectivity index (χ3v) is 14.7. The van der Waals surface area contributed by atoms with Crippen LogP contribution in [0, 0.1) is 5.41 Å². The van der Waals surface area contributed by atoms with E-state index in [-0.39, 0.29) is 0 Å². The highest BCUT2D eigenvalue weighted by Crippen LogP contribution is 2.29. The van der Waals surface area contributed by atoms with E-state index in [2.05, 4.69) is 0 Å². The van der Waals surface area contributed by atoms with Gasteiger partial charge >= 0.3 is 23.9 Å². The van der Waals surface area contributed by atoms with Gasteiger partial charge < -0.3 is 18.9 Å². The van der Waals surface area contributed by atoms with E-state index in [1.54, 1.807) is 27.7 Å². The number of carbonyl (C=O) groups excluding carboxylic acids is 4. The van der Waals surface area contributed by atoms with Gasteiger partial charge in [-0.3, -0.25) is 19.2 Å². The van der Waals surface area contributed by atoms with E-state index in [1.165, 1.54) is 0 Å². The van der Waals surface area contributed by atoms with E-state index in [9.17, 15) is 19.2 Å². The first-order chi connectivity index (χ1) is 29.2. The molecule has 0 aliphatic heterocycles. The third-order valence-electron chi connectivity index (χ3n) is 8.58. The van der Waals surface area contributed by atoms with Crippen molar-refractivity contribution in [3.8, 4) is 0 Å². The van der Waals surface area contributed by atoms with Crippen molar-refractivity contribution in [1.82, 2.24) is 0 Å². The largest absolute Gasteiger partial charge is 0.464 e. The normalized spacial score (nSPS) is 13.8. The van der Waals surface area contributed by atoms with E-state index >= 15 is 0 Å². The van der Waals surface area contributed by atoms with E-state index in [4.69, 9.17) is 67.8 Å². The van der Waals surface area contributed by atoms with Crippen molar-refractivity contribution in [3.05, 3.63) is 144 Å². The summed E-state index contributed by atoms with van der Waals surface area (Å²) in [6.45, 7) is 4.79. The molecule has 0 fully saturated rings. The molecule has 4 atom stereocenters. The molecule has 320 valence electrons. The summed E-state index contributed by atoms with van der Waals surface area (Å²) in [6.07, 6.45) is 0. The van der Waals surface area contributed by atoms with Crippen LogP contribution in [0.3, 0.4) is 0 Å². The first kappa shape index (κ1) is 50.2. The Morgan fingerprint density at radius 3 is 0.754 bits per heavy atom. The number of hydrogen-bond donors (Lipinski definition) is 0. The highest BCUT2D eigenvalue weighted by Gasteiger charge is 2.40. The third kappa shape index (κ3) is 16.6. The second kappa shape index (κ2) is 25.6. The first-order valence-corrected chi connectivity index (χ1v) is 24.0. The molecule has 61 heavy (non-hydrogen) atoms. The number of ether oxygens (including phenoxy) is 4. The fourth-order valence-electron chi connectivity index (χ4n) is 5.02. The number of esters is 4. The molecule has 16 heteroatoms. The Labute approximate surface area is 395 Å². The van der Waals surface area contributed by atoms with Crippen molar-refractivity contribution < 1.29 is 38.1 Å². The van der Waals surface area contributed by atoms with Crippen molar-refractivity contribution in [2.75, 3.05) is 26.4 Å². The van der Waals surface area contributed by atoms with E-state index in [1.807, 2.05) is 121 Å². The Hall–Kier alpha value is -3.48. The van der Waals surface area contributed by atoms with Crippen molar-refractivity contribution in [3.63, 3.8) is 0 Å². The van der Waals surface area contributed by atoms with Crippen LogP contribution in [0.5, 0.6) is 0 Å². The molecule has 8 nitrogen and oxygen atoms in total. The Kier molecular flexibility index (Phi) is 21.0. The van der Waals surface area contributed by atoms with E-state index < -0.39 is 76.7 Å². The minimum atomic E-state index is -1.56. The van der Waals surface area contributed by atoms with Gasteiger partial charge in [-0.15, -0.1) is 0 Å². The molecule has 0 spiro atoms. The van der Waals surface area contributed by atoms with Crippen LogP contribution in [0.1, 0.15) is 49.9 Å². The molecule has 0 aromatic heterocycles. The maximum absolute atomic E-state index is 13.6. The number of carbonyl (C=O) groups is 4. The number of thiocarbonyl (C=S) groups is 4. The van der Waals surface area contributed by atoms with Gasteiger partial charge in [0.25, 0.3) is 0 Å².